The SMILES string of the molecule is CCN(CC)c1ccc2c(O)c(C(=O)c3ccc(N(c4ccccc4)c4ccccc4)cc3)c(=O)oc2c1.O.O.[Eu]. The minimum atomic E-state index is -0.865. The Morgan fingerprint density at radius 2 is 1.22 bits per heavy atom. The molecular formula is C32H32EuN2O6. The van der Waals surface area contributed by atoms with Gasteiger partial charge in [-0.25, -0.2) is 4.79 Å². The van der Waals surface area contributed by atoms with Gasteiger partial charge in [-0.1, -0.05) is 36.4 Å². The molecule has 41 heavy (non-hydrogen) atoms. The number of anilines is 4. The molecule has 0 saturated carbocycles. The molecule has 1 radical (unpaired) electrons. The van der Waals surface area contributed by atoms with E-state index in [0.29, 0.717) is 5.39 Å². The van der Waals surface area contributed by atoms with Crippen LogP contribution < -0.4 is 15.4 Å². The molecule has 5 rings (SSSR count). The smallest absolute Gasteiger partial charge is 0.351 e. The van der Waals surface area contributed by atoms with Crippen molar-refractivity contribution in [3.8, 4) is 5.75 Å². The molecule has 0 aliphatic rings. The Morgan fingerprint density at radius 1 is 0.732 bits per heavy atom. The zero-order chi connectivity index (χ0) is 26.6. The van der Waals surface area contributed by atoms with Gasteiger partial charge in [0.05, 0.1) is 5.39 Å². The van der Waals surface area contributed by atoms with Gasteiger partial charge in [0, 0.05) is 96.8 Å². The van der Waals surface area contributed by atoms with E-state index in [4.69, 9.17) is 4.42 Å². The number of para-hydroxylation sites is 2. The van der Waals surface area contributed by atoms with Crippen molar-refractivity contribution in [1.29, 1.82) is 0 Å². The van der Waals surface area contributed by atoms with Crippen LogP contribution in [0.2, 0.25) is 0 Å². The first kappa shape index (κ1) is 33.9. The molecule has 0 amide bonds. The summed E-state index contributed by atoms with van der Waals surface area (Å²) in [5.41, 5.74) is 2.93. The molecule has 213 valence electrons. The van der Waals surface area contributed by atoms with Crippen LogP contribution >= 0.6 is 0 Å². The van der Waals surface area contributed by atoms with E-state index in [-0.39, 0.29) is 82.8 Å². The monoisotopic (exact) mass is 693 g/mol. The van der Waals surface area contributed by atoms with Gasteiger partial charge in [0.25, 0.3) is 0 Å². The first-order valence-electron chi connectivity index (χ1n) is 12.6. The molecule has 1 heterocycles. The second-order valence-electron chi connectivity index (χ2n) is 8.85. The Labute approximate surface area is 279 Å². The summed E-state index contributed by atoms with van der Waals surface area (Å²) in [6, 6.07) is 32.0. The van der Waals surface area contributed by atoms with Crippen molar-refractivity contribution in [2.45, 2.75) is 13.8 Å². The fourth-order valence-corrected chi connectivity index (χ4v) is 4.67. The zero-order valence-corrected chi connectivity index (χ0v) is 25.1. The molecule has 0 saturated heterocycles. The Bertz CT molecular complexity index is 1600. The van der Waals surface area contributed by atoms with Crippen LogP contribution in [0.15, 0.2) is 112 Å². The molecule has 0 fully saturated rings. The standard InChI is InChI=1S/C32H28N2O4.Eu.2H2O/c1-3-33(4-2)26-19-20-27-28(21-26)38-32(37)29(31(27)36)30(35)22-15-17-25(18-16-22)34(23-11-7-5-8-12-23)24-13-9-6-10-14-24;;;/h5-21,36H,3-4H2,1-2H3;;2*1H2. The van der Waals surface area contributed by atoms with Gasteiger partial charge in [0.1, 0.15) is 11.3 Å². The second-order valence-corrected chi connectivity index (χ2v) is 8.85. The predicted octanol–water partition coefficient (Wildman–Crippen LogP) is 5.40. The van der Waals surface area contributed by atoms with E-state index in [0.717, 1.165) is 35.8 Å². The van der Waals surface area contributed by atoms with Gasteiger partial charge < -0.3 is 30.3 Å². The van der Waals surface area contributed by atoms with Crippen molar-refractivity contribution in [3.63, 3.8) is 0 Å². The maximum absolute atomic E-state index is 13.4. The Balaban J connectivity index is 0.00000196. The molecule has 0 aliphatic carbocycles. The number of nitrogens with zero attached hydrogens (tertiary/aromatic N) is 2. The van der Waals surface area contributed by atoms with Crippen LogP contribution in [0, 0.1) is 49.4 Å². The van der Waals surface area contributed by atoms with Crippen molar-refractivity contribution in [1.82, 2.24) is 0 Å². The first-order valence-corrected chi connectivity index (χ1v) is 12.6. The van der Waals surface area contributed by atoms with Crippen molar-refractivity contribution in [2.24, 2.45) is 0 Å². The molecule has 9 heteroatoms. The second kappa shape index (κ2) is 15.1. The Hall–Kier alpha value is -3.34. The van der Waals surface area contributed by atoms with Gasteiger partial charge in [0.15, 0.2) is 5.56 Å². The third-order valence-electron chi connectivity index (χ3n) is 6.64. The zero-order valence-electron chi connectivity index (χ0n) is 22.7. The van der Waals surface area contributed by atoms with Gasteiger partial charge in [-0.3, -0.25) is 4.79 Å². The van der Waals surface area contributed by atoms with E-state index in [1.54, 1.807) is 24.3 Å². The maximum atomic E-state index is 13.4. The molecule has 0 atom stereocenters. The van der Waals surface area contributed by atoms with Crippen LogP contribution in [-0.2, 0) is 0 Å². The first-order chi connectivity index (χ1) is 18.5. The van der Waals surface area contributed by atoms with E-state index < -0.39 is 11.4 Å². The third-order valence-corrected chi connectivity index (χ3v) is 6.64. The topological polar surface area (TPSA) is 137 Å². The minimum Gasteiger partial charge on any atom is -0.506 e. The van der Waals surface area contributed by atoms with E-state index >= 15 is 0 Å². The molecule has 0 unspecified atom stereocenters. The molecule has 5 N–H and O–H groups in total. The Morgan fingerprint density at radius 3 is 1.73 bits per heavy atom. The molecular weight excluding hydrogens is 660 g/mol. The normalized spacial score (nSPS) is 10.1. The van der Waals surface area contributed by atoms with Gasteiger partial charge in [-0.05, 0) is 74.5 Å². The van der Waals surface area contributed by atoms with Crippen molar-refractivity contribution in [3.05, 3.63) is 125 Å². The number of carbonyl (C=O) groups is 1. The average Bonchev–Trinajstić information content (AvgIpc) is 2.95. The number of aromatic hydroxyl groups is 1. The Kier molecular flexibility index (Phi) is 12.4. The molecule has 0 spiro atoms. The van der Waals surface area contributed by atoms with E-state index in [9.17, 15) is 14.7 Å². The third kappa shape index (κ3) is 6.94. The van der Waals surface area contributed by atoms with Gasteiger partial charge >= 0.3 is 5.63 Å². The van der Waals surface area contributed by atoms with Crippen molar-refractivity contribution < 1.29 is 74.6 Å². The summed E-state index contributed by atoms with van der Waals surface area (Å²) >= 11 is 0. The summed E-state index contributed by atoms with van der Waals surface area (Å²) < 4.78 is 5.50. The van der Waals surface area contributed by atoms with Crippen LogP contribution in [0.4, 0.5) is 22.7 Å². The number of rotatable bonds is 8. The summed E-state index contributed by atoms with van der Waals surface area (Å²) in [6.07, 6.45) is 0. The minimum absolute atomic E-state index is 0. The van der Waals surface area contributed by atoms with Gasteiger partial charge in [0.2, 0.25) is 5.78 Å². The average molecular weight is 693 g/mol. The molecule has 0 bridgehead atoms. The number of ketones is 1. The number of fused-ring (bicyclic) bond motifs is 1. The molecule has 5 aromatic rings. The summed E-state index contributed by atoms with van der Waals surface area (Å²) in [5.74, 6) is -0.963. The molecule has 0 aliphatic heterocycles. The van der Waals surface area contributed by atoms with E-state index in [2.05, 4.69) is 9.80 Å². The van der Waals surface area contributed by atoms with Crippen LogP contribution in [0.3, 0.4) is 0 Å². The summed E-state index contributed by atoms with van der Waals surface area (Å²) in [4.78, 5) is 30.4. The maximum Gasteiger partial charge on any atom is 0.351 e. The van der Waals surface area contributed by atoms with Crippen LogP contribution in [-0.4, -0.2) is 34.9 Å². The summed E-state index contributed by atoms with van der Waals surface area (Å²) in [6.45, 7) is 5.65. The van der Waals surface area contributed by atoms with Crippen LogP contribution in [0.1, 0.15) is 29.8 Å². The largest absolute Gasteiger partial charge is 0.506 e. The fourth-order valence-electron chi connectivity index (χ4n) is 4.67. The number of hydrogen-bond donors (Lipinski definition) is 1. The summed E-state index contributed by atoms with van der Waals surface area (Å²) in [7, 11) is 0. The van der Waals surface area contributed by atoms with Crippen molar-refractivity contribution in [2.75, 3.05) is 22.9 Å². The van der Waals surface area contributed by atoms with Gasteiger partial charge in [-0.2, -0.15) is 0 Å². The van der Waals surface area contributed by atoms with E-state index in [1.165, 1.54) is 0 Å². The fraction of sp³-hybridized carbons (Fsp3) is 0.125. The molecule has 8 nitrogen and oxygen atoms in total. The number of hydrogen-bond acceptors (Lipinski definition) is 6. The summed E-state index contributed by atoms with van der Waals surface area (Å²) in [5, 5.41) is 11.3. The van der Waals surface area contributed by atoms with E-state index in [1.807, 2.05) is 92.7 Å². The van der Waals surface area contributed by atoms with Crippen molar-refractivity contribution >= 4 is 39.5 Å². The quantitative estimate of drug-likeness (QED) is 0.171. The van der Waals surface area contributed by atoms with Gasteiger partial charge in [-0.15, -0.1) is 0 Å². The molecule has 1 aromatic heterocycles. The van der Waals surface area contributed by atoms with Crippen LogP contribution in [0.25, 0.3) is 11.0 Å². The van der Waals surface area contributed by atoms with Crippen LogP contribution in [0.5, 0.6) is 5.75 Å². The number of carbonyl (C=O) groups excluding carboxylic acids is 1. The molecule has 4 aromatic carbocycles. The predicted molar refractivity (Wildman–Crippen MR) is 159 cm³/mol. The number of benzene rings is 4.